The van der Waals surface area contributed by atoms with E-state index in [0.717, 1.165) is 38.9 Å². The topological polar surface area (TPSA) is 18.5 Å². The van der Waals surface area contributed by atoms with Crippen molar-refractivity contribution < 1.29 is 9.47 Å². The van der Waals surface area contributed by atoms with Crippen molar-refractivity contribution >= 4 is 18.4 Å². The zero-order valence-electron chi connectivity index (χ0n) is 23.0. The van der Waals surface area contributed by atoms with Gasteiger partial charge in [0.15, 0.2) is 0 Å². The Morgan fingerprint density at radius 3 is 2.06 bits per heavy atom. The first-order chi connectivity index (χ1) is 16.2. The Bertz CT molecular complexity index is 472. The number of hydrogen-bond acceptors (Lipinski definition) is 2. The number of allylic oxidation sites excluding steroid dienone is 4. The number of hydrogen-bond donors (Lipinski definition) is 0. The maximum absolute atomic E-state index is 5.88. The van der Waals surface area contributed by atoms with Gasteiger partial charge in [-0.15, -0.1) is 0 Å². The van der Waals surface area contributed by atoms with Crippen LogP contribution in [0.5, 0.6) is 0 Å². The van der Waals surface area contributed by atoms with Gasteiger partial charge in [0, 0.05) is 0 Å². The zero-order valence-corrected chi connectivity index (χ0v) is 25.8. The molecule has 0 spiro atoms. The molecule has 0 bridgehead atoms. The fraction of sp³-hybridized carbons (Fsp3) is 0.867. The van der Waals surface area contributed by atoms with Gasteiger partial charge < -0.3 is 0 Å². The average Bonchev–Trinajstić information content (AvgIpc) is 2.85. The standard InChI is InChI=1S/C18H31O2.3C4H9.Sn/c1-2-3-4-5-6-7-8-9-10-11-13-16-19-18-15-12-14-17-20-18;3*1-3-4-2;/h7,9-10,18H,2-5,8,11-17H2,1H3;3*1,3-4H2,2H3;/b7-6?,10-9+;;;;. The third-order valence-electron chi connectivity index (χ3n) is 7.38. The van der Waals surface area contributed by atoms with Crippen LogP contribution in [-0.2, 0) is 9.47 Å². The van der Waals surface area contributed by atoms with Crippen molar-refractivity contribution in [1.82, 2.24) is 0 Å². The van der Waals surface area contributed by atoms with Crippen molar-refractivity contribution in [2.45, 2.75) is 150 Å². The molecule has 0 radical (unpaired) electrons. The molecule has 1 rings (SSSR count). The number of ether oxygens (including phenoxy) is 2. The molecule has 0 aliphatic carbocycles. The summed E-state index contributed by atoms with van der Waals surface area (Å²) >= 11 is -2.27. The second-order valence-electron chi connectivity index (χ2n) is 10.3. The monoisotopic (exact) mass is 570 g/mol. The van der Waals surface area contributed by atoms with Crippen molar-refractivity contribution in [3.8, 4) is 0 Å². The van der Waals surface area contributed by atoms with E-state index in [1.54, 1.807) is 13.3 Å². The molecule has 1 aliphatic rings. The van der Waals surface area contributed by atoms with Crippen molar-refractivity contribution in [3.05, 3.63) is 21.8 Å². The SMILES string of the molecule is CCCCC/[C](=C\C/C=C/CCCOC1CCCCO1)[Sn]([CH2]CCC)([CH2]CCC)[CH2]CCC. The Kier molecular flexibility index (Phi) is 20.3. The second kappa shape index (κ2) is 21.5. The molecule has 33 heavy (non-hydrogen) atoms. The minimum absolute atomic E-state index is 0.0614. The molecule has 2 nitrogen and oxygen atoms in total. The Balaban J connectivity index is 2.68. The Morgan fingerprint density at radius 1 is 0.818 bits per heavy atom. The Labute approximate surface area is 212 Å². The molecule has 0 N–H and O–H groups in total. The van der Waals surface area contributed by atoms with Crippen molar-refractivity contribution in [2.75, 3.05) is 13.2 Å². The molecule has 0 aromatic heterocycles. The van der Waals surface area contributed by atoms with Crippen molar-refractivity contribution in [2.24, 2.45) is 0 Å². The number of rotatable bonds is 21. The molecule has 1 saturated heterocycles. The average molecular weight is 570 g/mol. The van der Waals surface area contributed by atoms with Crippen LogP contribution in [0.15, 0.2) is 21.8 Å². The van der Waals surface area contributed by atoms with Crippen LogP contribution in [-0.4, -0.2) is 37.9 Å². The van der Waals surface area contributed by atoms with Gasteiger partial charge in [0.2, 0.25) is 0 Å². The van der Waals surface area contributed by atoms with Gasteiger partial charge in [-0.25, -0.2) is 0 Å². The maximum atomic E-state index is 5.88. The first kappa shape index (κ1) is 31.2. The minimum atomic E-state index is -2.27. The van der Waals surface area contributed by atoms with Gasteiger partial charge in [0.05, 0.1) is 0 Å². The van der Waals surface area contributed by atoms with Crippen LogP contribution in [0.2, 0.25) is 13.3 Å². The molecule has 0 saturated carbocycles. The predicted molar refractivity (Wildman–Crippen MR) is 150 cm³/mol. The van der Waals surface area contributed by atoms with Crippen LogP contribution in [0.1, 0.15) is 130 Å². The molecule has 1 fully saturated rings. The third-order valence-corrected chi connectivity index (χ3v) is 23.8. The van der Waals surface area contributed by atoms with Gasteiger partial charge in [-0.1, -0.05) is 0 Å². The normalized spacial score (nSPS) is 17.8. The summed E-state index contributed by atoms with van der Waals surface area (Å²) in [5, 5.41) is 0. The molecule has 1 aliphatic heterocycles. The van der Waals surface area contributed by atoms with Crippen LogP contribution in [0.25, 0.3) is 0 Å². The summed E-state index contributed by atoms with van der Waals surface area (Å²) in [5.41, 5.74) is 0. The molecule has 0 aromatic carbocycles. The second-order valence-corrected chi connectivity index (χ2v) is 23.7. The van der Waals surface area contributed by atoms with E-state index in [2.05, 4.69) is 45.9 Å². The quantitative estimate of drug-likeness (QED) is 0.0778. The van der Waals surface area contributed by atoms with Gasteiger partial charge in [0.25, 0.3) is 0 Å². The van der Waals surface area contributed by atoms with Crippen LogP contribution in [0.3, 0.4) is 0 Å². The zero-order chi connectivity index (χ0) is 24.0. The van der Waals surface area contributed by atoms with E-state index in [1.165, 1.54) is 77.0 Å². The predicted octanol–water partition coefficient (Wildman–Crippen LogP) is 10.2. The van der Waals surface area contributed by atoms with Gasteiger partial charge in [-0.2, -0.15) is 0 Å². The van der Waals surface area contributed by atoms with Gasteiger partial charge >= 0.3 is 206 Å². The van der Waals surface area contributed by atoms with Gasteiger partial charge in [0.1, 0.15) is 0 Å². The molecule has 3 heteroatoms. The van der Waals surface area contributed by atoms with Crippen LogP contribution >= 0.6 is 0 Å². The fourth-order valence-corrected chi connectivity index (χ4v) is 22.5. The van der Waals surface area contributed by atoms with E-state index in [4.69, 9.17) is 9.47 Å². The van der Waals surface area contributed by atoms with E-state index in [9.17, 15) is 0 Å². The first-order valence-corrected chi connectivity index (χ1v) is 22.3. The molecule has 0 aromatic rings. The number of unbranched alkanes of at least 4 members (excludes halogenated alkanes) is 6. The van der Waals surface area contributed by atoms with E-state index in [1.807, 2.05) is 3.59 Å². The van der Waals surface area contributed by atoms with Crippen molar-refractivity contribution in [1.29, 1.82) is 0 Å². The Hall–Kier alpha value is 0.199. The first-order valence-electron chi connectivity index (χ1n) is 14.8. The van der Waals surface area contributed by atoms with Gasteiger partial charge in [-0.3, -0.25) is 0 Å². The van der Waals surface area contributed by atoms with E-state index < -0.39 is 18.4 Å². The van der Waals surface area contributed by atoms with E-state index >= 15 is 0 Å². The van der Waals surface area contributed by atoms with Crippen molar-refractivity contribution in [3.63, 3.8) is 0 Å². The molecule has 1 atom stereocenters. The molecular weight excluding hydrogens is 511 g/mol. The van der Waals surface area contributed by atoms with Gasteiger partial charge in [-0.05, 0) is 6.42 Å². The summed E-state index contributed by atoms with van der Waals surface area (Å²) < 4.78 is 18.4. The summed E-state index contributed by atoms with van der Waals surface area (Å²) in [6.07, 6.45) is 28.6. The van der Waals surface area contributed by atoms with Crippen LogP contribution in [0, 0.1) is 0 Å². The summed E-state index contributed by atoms with van der Waals surface area (Å²) in [5.74, 6) is 0. The molecular formula is C30H58O2Sn. The molecule has 1 unspecified atom stereocenters. The van der Waals surface area contributed by atoms with E-state index in [-0.39, 0.29) is 6.29 Å². The third kappa shape index (κ3) is 14.4. The van der Waals surface area contributed by atoms with E-state index in [0.29, 0.717) is 0 Å². The fourth-order valence-electron chi connectivity index (χ4n) is 5.23. The Morgan fingerprint density at radius 2 is 1.48 bits per heavy atom. The summed E-state index contributed by atoms with van der Waals surface area (Å²) in [6.45, 7) is 11.2. The van der Waals surface area contributed by atoms with Crippen LogP contribution < -0.4 is 0 Å². The molecule has 194 valence electrons. The molecule has 0 amide bonds. The molecule has 1 heterocycles. The summed E-state index contributed by atoms with van der Waals surface area (Å²) in [7, 11) is 0. The summed E-state index contributed by atoms with van der Waals surface area (Å²) in [6, 6.07) is 0. The van der Waals surface area contributed by atoms with Crippen LogP contribution in [0.4, 0.5) is 0 Å². The summed E-state index contributed by atoms with van der Waals surface area (Å²) in [4.78, 5) is 0.